The zero-order valence-electron chi connectivity index (χ0n) is 13.8. The van der Waals surface area contributed by atoms with Crippen molar-refractivity contribution in [2.75, 3.05) is 13.7 Å². The number of likely N-dealkylation sites (tertiary alicyclic amines) is 1. The Balaban J connectivity index is 2.35. The van der Waals surface area contributed by atoms with Gasteiger partial charge in [0.25, 0.3) is 0 Å². The summed E-state index contributed by atoms with van der Waals surface area (Å²) in [5.41, 5.74) is 1.09. The Kier molecular flexibility index (Phi) is 4.44. The molecular weight excluding hydrogens is 282 g/mol. The molecule has 1 heterocycles. The molecule has 0 bridgehead atoms. The van der Waals surface area contributed by atoms with E-state index < -0.39 is 17.7 Å². The van der Waals surface area contributed by atoms with Crippen molar-refractivity contribution in [3.05, 3.63) is 29.3 Å². The van der Waals surface area contributed by atoms with Crippen LogP contribution < -0.4 is 4.74 Å². The molecule has 0 spiro atoms. The number of amides is 1. The molecular formula is C17H23NO4. The number of ketones is 1. The first-order valence-electron chi connectivity index (χ1n) is 7.40. The largest absolute Gasteiger partial charge is 0.496 e. The van der Waals surface area contributed by atoms with Crippen LogP contribution in [-0.2, 0) is 9.53 Å². The summed E-state index contributed by atoms with van der Waals surface area (Å²) in [6.07, 6.45) is -0.105. The van der Waals surface area contributed by atoms with Gasteiger partial charge in [-0.1, -0.05) is 12.1 Å². The lowest BCUT2D eigenvalue weighted by Crippen LogP contribution is -2.37. The second-order valence-electron chi connectivity index (χ2n) is 6.47. The third-order valence-electron chi connectivity index (χ3n) is 3.68. The van der Waals surface area contributed by atoms with Crippen LogP contribution in [0.5, 0.6) is 5.75 Å². The Hall–Kier alpha value is -2.04. The van der Waals surface area contributed by atoms with Crippen LogP contribution in [-0.4, -0.2) is 36.0 Å². The van der Waals surface area contributed by atoms with Crippen molar-refractivity contribution in [3.63, 3.8) is 0 Å². The van der Waals surface area contributed by atoms with Crippen LogP contribution in [0.1, 0.15) is 44.4 Å². The first kappa shape index (κ1) is 16.3. The van der Waals surface area contributed by atoms with E-state index in [9.17, 15) is 9.59 Å². The molecule has 1 atom stereocenters. The molecule has 1 aromatic carbocycles. The van der Waals surface area contributed by atoms with E-state index in [4.69, 9.17) is 9.47 Å². The van der Waals surface area contributed by atoms with Gasteiger partial charge in [0.2, 0.25) is 0 Å². The van der Waals surface area contributed by atoms with Crippen molar-refractivity contribution in [2.24, 2.45) is 0 Å². The highest BCUT2D eigenvalue weighted by Gasteiger charge is 2.39. The highest BCUT2D eigenvalue weighted by Crippen LogP contribution is 2.35. The van der Waals surface area contributed by atoms with E-state index in [1.54, 1.807) is 7.11 Å². The number of methoxy groups -OCH3 is 1. The van der Waals surface area contributed by atoms with Gasteiger partial charge in [0.1, 0.15) is 17.4 Å². The summed E-state index contributed by atoms with van der Waals surface area (Å²) in [5.74, 6) is 0.739. The molecule has 1 amide bonds. The van der Waals surface area contributed by atoms with E-state index in [1.807, 2.05) is 45.9 Å². The van der Waals surface area contributed by atoms with Crippen LogP contribution in [0.25, 0.3) is 0 Å². The van der Waals surface area contributed by atoms with Gasteiger partial charge in [-0.3, -0.25) is 9.69 Å². The number of Topliss-reactive ketones (excluding diaryl/α,β-unsaturated/α-hetero) is 1. The Labute approximate surface area is 131 Å². The summed E-state index contributed by atoms with van der Waals surface area (Å²) in [7, 11) is 1.59. The van der Waals surface area contributed by atoms with Gasteiger partial charge in [-0.05, 0) is 44.9 Å². The number of rotatable bonds is 2. The third kappa shape index (κ3) is 3.24. The highest BCUT2D eigenvalue weighted by atomic mass is 16.6. The van der Waals surface area contributed by atoms with Crippen LogP contribution in [0.4, 0.5) is 4.79 Å². The number of nitrogens with zero attached hydrogens (tertiary/aromatic N) is 1. The monoisotopic (exact) mass is 305 g/mol. The lowest BCUT2D eigenvalue weighted by molar-refractivity contribution is -0.120. The molecule has 0 unspecified atom stereocenters. The molecule has 1 aliphatic rings. The Bertz CT molecular complexity index is 589. The first-order valence-corrected chi connectivity index (χ1v) is 7.40. The molecule has 0 aliphatic carbocycles. The Morgan fingerprint density at radius 2 is 2.00 bits per heavy atom. The van der Waals surface area contributed by atoms with Crippen molar-refractivity contribution >= 4 is 11.9 Å². The van der Waals surface area contributed by atoms with E-state index in [0.29, 0.717) is 18.7 Å². The standard InChI is InChI=1S/C17H23NO4/c1-11-12(7-6-8-14(11)21-5)15-13(19)9-10-18(15)16(20)22-17(2,3)4/h6-8,15H,9-10H2,1-5H3/t15-/m1/s1. The molecule has 0 aromatic heterocycles. The smallest absolute Gasteiger partial charge is 0.411 e. The summed E-state index contributed by atoms with van der Waals surface area (Å²) >= 11 is 0. The number of carbonyl (C=O) groups excluding carboxylic acids is 2. The van der Waals surface area contributed by atoms with Crippen molar-refractivity contribution < 1.29 is 19.1 Å². The van der Waals surface area contributed by atoms with Crippen molar-refractivity contribution in [2.45, 2.75) is 45.8 Å². The average Bonchev–Trinajstić information content (AvgIpc) is 2.79. The van der Waals surface area contributed by atoms with Crippen LogP contribution in [0, 0.1) is 6.92 Å². The van der Waals surface area contributed by atoms with Gasteiger partial charge < -0.3 is 9.47 Å². The topological polar surface area (TPSA) is 55.8 Å². The molecule has 120 valence electrons. The van der Waals surface area contributed by atoms with E-state index in [2.05, 4.69) is 0 Å². The third-order valence-corrected chi connectivity index (χ3v) is 3.68. The van der Waals surface area contributed by atoms with E-state index >= 15 is 0 Å². The van der Waals surface area contributed by atoms with Gasteiger partial charge in [-0.15, -0.1) is 0 Å². The summed E-state index contributed by atoms with van der Waals surface area (Å²) in [6.45, 7) is 7.72. The number of ether oxygens (including phenoxy) is 2. The molecule has 1 aromatic rings. The Morgan fingerprint density at radius 3 is 2.59 bits per heavy atom. The predicted octanol–water partition coefficient (Wildman–Crippen LogP) is 3.25. The number of hydrogen-bond donors (Lipinski definition) is 0. The van der Waals surface area contributed by atoms with E-state index in [-0.39, 0.29) is 5.78 Å². The molecule has 22 heavy (non-hydrogen) atoms. The van der Waals surface area contributed by atoms with Crippen molar-refractivity contribution in [1.82, 2.24) is 4.90 Å². The second-order valence-corrected chi connectivity index (χ2v) is 6.47. The lowest BCUT2D eigenvalue weighted by atomic mass is 9.98. The minimum Gasteiger partial charge on any atom is -0.496 e. The van der Waals surface area contributed by atoms with Crippen LogP contribution in [0.2, 0.25) is 0 Å². The minimum atomic E-state index is -0.593. The molecule has 1 fully saturated rings. The van der Waals surface area contributed by atoms with Gasteiger partial charge in [-0.2, -0.15) is 0 Å². The zero-order chi connectivity index (χ0) is 16.5. The number of benzene rings is 1. The zero-order valence-corrected chi connectivity index (χ0v) is 13.8. The first-order chi connectivity index (χ1) is 10.2. The van der Waals surface area contributed by atoms with Gasteiger partial charge in [0, 0.05) is 13.0 Å². The van der Waals surface area contributed by atoms with E-state index in [0.717, 1.165) is 11.1 Å². The predicted molar refractivity (Wildman–Crippen MR) is 83.0 cm³/mol. The van der Waals surface area contributed by atoms with Gasteiger partial charge in [-0.25, -0.2) is 4.79 Å². The second kappa shape index (κ2) is 5.99. The maximum atomic E-state index is 12.4. The fraction of sp³-hybridized carbons (Fsp3) is 0.529. The minimum absolute atomic E-state index is 0.0298. The van der Waals surface area contributed by atoms with Crippen LogP contribution in [0.15, 0.2) is 18.2 Å². The van der Waals surface area contributed by atoms with Crippen molar-refractivity contribution in [1.29, 1.82) is 0 Å². The molecule has 0 saturated carbocycles. The number of hydrogen-bond acceptors (Lipinski definition) is 4. The summed E-state index contributed by atoms with van der Waals surface area (Å²) in [5, 5.41) is 0. The molecule has 1 aliphatic heterocycles. The highest BCUT2D eigenvalue weighted by molar-refractivity contribution is 5.92. The van der Waals surface area contributed by atoms with Gasteiger partial charge in [0.05, 0.1) is 7.11 Å². The fourth-order valence-corrected chi connectivity index (χ4v) is 2.68. The molecule has 5 nitrogen and oxygen atoms in total. The molecule has 0 radical (unpaired) electrons. The maximum Gasteiger partial charge on any atom is 0.411 e. The average molecular weight is 305 g/mol. The molecule has 2 rings (SSSR count). The normalized spacial score (nSPS) is 18.5. The van der Waals surface area contributed by atoms with Crippen molar-refractivity contribution in [3.8, 4) is 5.75 Å². The quantitative estimate of drug-likeness (QED) is 0.841. The SMILES string of the molecule is COc1cccc([C@@H]2C(=O)CCN2C(=O)OC(C)(C)C)c1C. The number of carbonyl (C=O) groups is 2. The molecule has 0 N–H and O–H groups in total. The summed E-state index contributed by atoms with van der Waals surface area (Å²) in [6, 6.07) is 4.95. The van der Waals surface area contributed by atoms with Gasteiger partial charge in [0.15, 0.2) is 5.78 Å². The van der Waals surface area contributed by atoms with Crippen LogP contribution in [0.3, 0.4) is 0 Å². The summed E-state index contributed by atoms with van der Waals surface area (Å²) < 4.78 is 10.7. The molecule has 1 saturated heterocycles. The summed E-state index contributed by atoms with van der Waals surface area (Å²) in [4.78, 5) is 26.2. The van der Waals surface area contributed by atoms with E-state index in [1.165, 1.54) is 4.90 Å². The molecule has 5 heteroatoms. The van der Waals surface area contributed by atoms with Gasteiger partial charge >= 0.3 is 6.09 Å². The lowest BCUT2D eigenvalue weighted by Gasteiger charge is -2.28. The maximum absolute atomic E-state index is 12.4. The van der Waals surface area contributed by atoms with Crippen LogP contribution >= 0.6 is 0 Å². The Morgan fingerprint density at radius 1 is 1.32 bits per heavy atom. The fourth-order valence-electron chi connectivity index (χ4n) is 2.68.